The minimum atomic E-state index is -0.395. The molecule has 1 aromatic rings. The predicted octanol–water partition coefficient (Wildman–Crippen LogP) is 1.89. The first-order valence-corrected chi connectivity index (χ1v) is 6.67. The first-order chi connectivity index (χ1) is 8.59. The molecule has 5 nitrogen and oxygen atoms in total. The predicted molar refractivity (Wildman–Crippen MR) is 71.6 cm³/mol. The van der Waals surface area contributed by atoms with Gasteiger partial charge in [-0.15, -0.1) is 0 Å². The van der Waals surface area contributed by atoms with E-state index in [1.165, 1.54) is 0 Å². The Hall–Kier alpha value is -1.36. The van der Waals surface area contributed by atoms with Crippen LogP contribution in [0.1, 0.15) is 43.9 Å². The maximum absolute atomic E-state index is 12.5. The highest BCUT2D eigenvalue weighted by atomic mass is 16.2. The van der Waals surface area contributed by atoms with Gasteiger partial charge in [-0.3, -0.25) is 9.89 Å². The molecule has 1 amide bonds. The summed E-state index contributed by atoms with van der Waals surface area (Å²) >= 11 is 0. The SMILES string of the molecule is CCCC1(C(=O)Nc2n[nH]c(C)c2C)CCCN1. The number of amides is 1. The molecule has 0 aromatic carbocycles. The molecule has 0 aliphatic carbocycles. The Balaban J connectivity index is 2.13. The van der Waals surface area contributed by atoms with Crippen molar-refractivity contribution in [3.63, 3.8) is 0 Å². The summed E-state index contributed by atoms with van der Waals surface area (Å²) in [4.78, 5) is 12.5. The molecule has 1 aromatic heterocycles. The summed E-state index contributed by atoms with van der Waals surface area (Å²) in [5, 5.41) is 13.3. The minimum Gasteiger partial charge on any atom is -0.307 e. The van der Waals surface area contributed by atoms with Crippen molar-refractivity contribution in [1.82, 2.24) is 15.5 Å². The van der Waals surface area contributed by atoms with Crippen LogP contribution in [0.3, 0.4) is 0 Å². The van der Waals surface area contributed by atoms with Crippen LogP contribution in [0.15, 0.2) is 0 Å². The molecular formula is C13H22N4O. The number of aromatic nitrogens is 2. The molecule has 1 unspecified atom stereocenters. The molecule has 1 fully saturated rings. The Morgan fingerprint density at radius 1 is 1.50 bits per heavy atom. The second-order valence-corrected chi connectivity index (χ2v) is 5.14. The van der Waals surface area contributed by atoms with E-state index in [9.17, 15) is 4.79 Å². The van der Waals surface area contributed by atoms with Crippen LogP contribution >= 0.6 is 0 Å². The molecule has 2 heterocycles. The molecule has 0 radical (unpaired) electrons. The Morgan fingerprint density at radius 3 is 2.78 bits per heavy atom. The van der Waals surface area contributed by atoms with Crippen LogP contribution in [0, 0.1) is 13.8 Å². The number of carbonyl (C=O) groups excluding carboxylic acids is 1. The Labute approximate surface area is 108 Å². The van der Waals surface area contributed by atoms with Crippen molar-refractivity contribution >= 4 is 11.7 Å². The van der Waals surface area contributed by atoms with Crippen LogP contribution in [0.25, 0.3) is 0 Å². The van der Waals surface area contributed by atoms with E-state index in [1.54, 1.807) is 0 Å². The molecule has 2 rings (SSSR count). The van der Waals surface area contributed by atoms with Crippen molar-refractivity contribution in [3.05, 3.63) is 11.3 Å². The van der Waals surface area contributed by atoms with E-state index in [-0.39, 0.29) is 5.91 Å². The maximum Gasteiger partial charge on any atom is 0.245 e. The van der Waals surface area contributed by atoms with Crippen LogP contribution in [0.4, 0.5) is 5.82 Å². The number of carbonyl (C=O) groups is 1. The summed E-state index contributed by atoms with van der Waals surface area (Å²) in [6.45, 7) is 6.95. The minimum absolute atomic E-state index is 0.0523. The van der Waals surface area contributed by atoms with Gasteiger partial charge in [-0.2, -0.15) is 5.10 Å². The summed E-state index contributed by atoms with van der Waals surface area (Å²) in [5.74, 6) is 0.707. The van der Waals surface area contributed by atoms with Gasteiger partial charge in [0, 0.05) is 11.3 Å². The fourth-order valence-corrected chi connectivity index (χ4v) is 2.59. The summed E-state index contributed by atoms with van der Waals surface area (Å²) in [6, 6.07) is 0. The molecule has 0 saturated carbocycles. The molecule has 100 valence electrons. The van der Waals surface area contributed by atoms with Gasteiger partial charge >= 0.3 is 0 Å². The summed E-state index contributed by atoms with van der Waals surface area (Å²) in [7, 11) is 0. The number of H-pyrrole nitrogens is 1. The lowest BCUT2D eigenvalue weighted by Crippen LogP contribution is -2.50. The van der Waals surface area contributed by atoms with Crippen LogP contribution < -0.4 is 10.6 Å². The van der Waals surface area contributed by atoms with Crippen LogP contribution in [0.2, 0.25) is 0 Å². The van der Waals surface area contributed by atoms with Gasteiger partial charge in [0.15, 0.2) is 5.82 Å². The third kappa shape index (κ3) is 2.27. The molecule has 0 spiro atoms. The van der Waals surface area contributed by atoms with Gasteiger partial charge in [-0.25, -0.2) is 0 Å². The average Bonchev–Trinajstić information content (AvgIpc) is 2.93. The summed E-state index contributed by atoms with van der Waals surface area (Å²) in [6.07, 6.45) is 3.85. The molecule has 1 saturated heterocycles. The van der Waals surface area contributed by atoms with Gasteiger partial charge in [0.25, 0.3) is 0 Å². The highest BCUT2D eigenvalue weighted by Crippen LogP contribution is 2.27. The number of nitrogens with one attached hydrogen (secondary N) is 3. The van der Waals surface area contributed by atoms with Gasteiger partial charge in [0.2, 0.25) is 5.91 Å². The van der Waals surface area contributed by atoms with Gasteiger partial charge in [-0.1, -0.05) is 13.3 Å². The topological polar surface area (TPSA) is 69.8 Å². The highest BCUT2D eigenvalue weighted by molar-refractivity contribution is 5.98. The van der Waals surface area contributed by atoms with E-state index in [4.69, 9.17) is 0 Å². The molecule has 3 N–H and O–H groups in total. The van der Waals surface area contributed by atoms with Crippen molar-refractivity contribution in [2.75, 3.05) is 11.9 Å². The number of hydrogen-bond acceptors (Lipinski definition) is 3. The van der Waals surface area contributed by atoms with Crippen molar-refractivity contribution in [1.29, 1.82) is 0 Å². The Bertz CT molecular complexity index is 432. The second-order valence-electron chi connectivity index (χ2n) is 5.14. The van der Waals surface area contributed by atoms with E-state index in [1.807, 2.05) is 13.8 Å². The van der Waals surface area contributed by atoms with Gasteiger partial charge in [0.05, 0.1) is 5.54 Å². The smallest absolute Gasteiger partial charge is 0.245 e. The van der Waals surface area contributed by atoms with E-state index < -0.39 is 5.54 Å². The number of aryl methyl sites for hydroxylation is 1. The van der Waals surface area contributed by atoms with Crippen LogP contribution in [-0.2, 0) is 4.79 Å². The number of rotatable bonds is 4. The van der Waals surface area contributed by atoms with Gasteiger partial charge in [0.1, 0.15) is 0 Å². The van der Waals surface area contributed by atoms with Crippen molar-refractivity contribution in [3.8, 4) is 0 Å². The van der Waals surface area contributed by atoms with Crippen LogP contribution in [0.5, 0.6) is 0 Å². The van der Waals surface area contributed by atoms with E-state index in [2.05, 4.69) is 27.8 Å². The average molecular weight is 250 g/mol. The monoisotopic (exact) mass is 250 g/mol. The lowest BCUT2D eigenvalue weighted by Gasteiger charge is -2.27. The number of anilines is 1. The van der Waals surface area contributed by atoms with Crippen molar-refractivity contribution < 1.29 is 4.79 Å². The van der Waals surface area contributed by atoms with Gasteiger partial charge < -0.3 is 10.6 Å². The zero-order chi connectivity index (χ0) is 13.2. The zero-order valence-corrected chi connectivity index (χ0v) is 11.4. The molecule has 1 aliphatic heterocycles. The first-order valence-electron chi connectivity index (χ1n) is 6.67. The molecule has 1 atom stereocenters. The standard InChI is InChI=1S/C13H22N4O/c1-4-6-13(7-5-8-14-13)12(18)15-11-9(2)10(3)16-17-11/h14H,4-8H2,1-3H3,(H2,15,16,17,18). The van der Waals surface area contributed by atoms with Crippen LogP contribution in [-0.4, -0.2) is 28.2 Å². The van der Waals surface area contributed by atoms with Gasteiger partial charge in [-0.05, 0) is 39.7 Å². The van der Waals surface area contributed by atoms with E-state index in [0.29, 0.717) is 5.82 Å². The first kappa shape index (κ1) is 13.1. The lowest BCUT2D eigenvalue weighted by atomic mass is 9.91. The van der Waals surface area contributed by atoms with E-state index >= 15 is 0 Å². The molecular weight excluding hydrogens is 228 g/mol. The third-order valence-electron chi connectivity index (χ3n) is 3.84. The summed E-state index contributed by atoms with van der Waals surface area (Å²) in [5.41, 5.74) is 1.61. The lowest BCUT2D eigenvalue weighted by molar-refractivity contribution is -0.122. The Kier molecular flexibility index (Phi) is 3.71. The summed E-state index contributed by atoms with van der Waals surface area (Å²) < 4.78 is 0. The number of aromatic amines is 1. The quantitative estimate of drug-likeness (QED) is 0.764. The second kappa shape index (κ2) is 5.10. The van der Waals surface area contributed by atoms with E-state index in [0.717, 1.165) is 43.5 Å². The molecule has 5 heteroatoms. The third-order valence-corrected chi connectivity index (χ3v) is 3.84. The van der Waals surface area contributed by atoms with Crippen molar-refractivity contribution in [2.45, 2.75) is 52.0 Å². The number of nitrogens with zero attached hydrogens (tertiary/aromatic N) is 1. The molecule has 18 heavy (non-hydrogen) atoms. The Morgan fingerprint density at radius 2 is 2.28 bits per heavy atom. The molecule has 1 aliphatic rings. The fourth-order valence-electron chi connectivity index (χ4n) is 2.59. The number of hydrogen-bond donors (Lipinski definition) is 3. The largest absolute Gasteiger partial charge is 0.307 e. The van der Waals surface area contributed by atoms with Crippen molar-refractivity contribution in [2.24, 2.45) is 0 Å². The maximum atomic E-state index is 12.5. The zero-order valence-electron chi connectivity index (χ0n) is 11.4. The normalized spacial score (nSPS) is 23.3. The molecule has 0 bridgehead atoms. The fraction of sp³-hybridized carbons (Fsp3) is 0.692. The highest BCUT2D eigenvalue weighted by Gasteiger charge is 2.40.